The first-order chi connectivity index (χ1) is 14.0. The molecular weight excluding hydrogens is 366 g/mol. The number of carbonyl (C=O) groups excluding carboxylic acids is 1. The number of nitrogens with zero attached hydrogens (tertiary/aromatic N) is 2. The van der Waals surface area contributed by atoms with Gasteiger partial charge >= 0.3 is 0 Å². The molecule has 4 rings (SSSR count). The Bertz CT molecular complexity index is 996. The molecule has 1 N–H and O–H groups in total. The number of hydrogen-bond acceptors (Lipinski definition) is 4. The number of ether oxygens (including phenoxy) is 2. The second-order valence-corrected chi connectivity index (χ2v) is 7.80. The molecule has 0 saturated carbocycles. The summed E-state index contributed by atoms with van der Waals surface area (Å²) in [6.45, 7) is 4.58. The number of nitrogens with one attached hydrogen (secondary N) is 1. The molecule has 0 fully saturated rings. The number of hydrogen-bond donors (Lipinski definition) is 1. The molecule has 0 atom stereocenters. The maximum absolute atomic E-state index is 12.2. The first-order valence-corrected chi connectivity index (χ1v) is 9.79. The van der Waals surface area contributed by atoms with Gasteiger partial charge in [-0.15, -0.1) is 0 Å². The van der Waals surface area contributed by atoms with Crippen LogP contribution in [0.4, 0.5) is 0 Å². The van der Waals surface area contributed by atoms with Gasteiger partial charge in [-0.1, -0.05) is 30.3 Å². The van der Waals surface area contributed by atoms with Crippen molar-refractivity contribution in [2.24, 2.45) is 0 Å². The summed E-state index contributed by atoms with van der Waals surface area (Å²) >= 11 is 0. The largest absolute Gasteiger partial charge is 0.483 e. The number of para-hydroxylation sites is 2. The molecule has 6 heteroatoms. The van der Waals surface area contributed by atoms with Gasteiger partial charge in [-0.25, -0.2) is 4.68 Å². The van der Waals surface area contributed by atoms with Gasteiger partial charge < -0.3 is 14.8 Å². The topological polar surface area (TPSA) is 65.4 Å². The molecule has 150 valence electrons. The van der Waals surface area contributed by atoms with Gasteiger partial charge in [0.15, 0.2) is 18.1 Å². The lowest BCUT2D eigenvalue weighted by atomic mass is 10.0. The second kappa shape index (κ2) is 7.99. The van der Waals surface area contributed by atoms with Crippen molar-refractivity contribution in [1.29, 1.82) is 0 Å². The molecule has 1 aromatic heterocycles. The summed E-state index contributed by atoms with van der Waals surface area (Å²) in [4.78, 5) is 12.2. The van der Waals surface area contributed by atoms with Gasteiger partial charge in [0.1, 0.15) is 5.60 Å². The van der Waals surface area contributed by atoms with Crippen LogP contribution in [0, 0.1) is 0 Å². The number of carbonyl (C=O) groups is 1. The first-order valence-electron chi connectivity index (χ1n) is 9.79. The summed E-state index contributed by atoms with van der Waals surface area (Å²) in [5, 5.41) is 7.26. The maximum Gasteiger partial charge on any atom is 0.257 e. The number of fused-ring (bicyclic) bond motifs is 1. The molecule has 0 aliphatic carbocycles. The van der Waals surface area contributed by atoms with Crippen LogP contribution in [0.1, 0.15) is 25.0 Å². The third kappa shape index (κ3) is 4.59. The van der Waals surface area contributed by atoms with Crippen LogP contribution in [-0.4, -0.2) is 34.4 Å². The lowest BCUT2D eigenvalue weighted by Gasteiger charge is -2.18. The smallest absolute Gasteiger partial charge is 0.257 e. The summed E-state index contributed by atoms with van der Waals surface area (Å²) in [7, 11) is 0. The number of rotatable bonds is 7. The zero-order chi connectivity index (χ0) is 20.3. The van der Waals surface area contributed by atoms with Crippen molar-refractivity contribution in [3.8, 4) is 17.2 Å². The predicted molar refractivity (Wildman–Crippen MR) is 111 cm³/mol. The molecule has 2 heterocycles. The van der Waals surface area contributed by atoms with E-state index in [1.165, 1.54) is 0 Å². The quantitative estimate of drug-likeness (QED) is 0.671. The van der Waals surface area contributed by atoms with Crippen LogP contribution < -0.4 is 14.8 Å². The van der Waals surface area contributed by atoms with E-state index in [0.29, 0.717) is 18.7 Å². The second-order valence-electron chi connectivity index (χ2n) is 7.80. The molecule has 0 saturated heterocycles. The fourth-order valence-electron chi connectivity index (χ4n) is 3.45. The van der Waals surface area contributed by atoms with Crippen LogP contribution in [0.5, 0.6) is 11.5 Å². The van der Waals surface area contributed by atoms with Gasteiger partial charge in [0.05, 0.1) is 11.9 Å². The highest BCUT2D eigenvalue weighted by Crippen LogP contribution is 2.41. The van der Waals surface area contributed by atoms with Gasteiger partial charge in [-0.2, -0.15) is 5.10 Å². The van der Waals surface area contributed by atoms with Gasteiger partial charge in [0.25, 0.3) is 5.91 Å². The number of benzene rings is 2. The molecule has 0 bridgehead atoms. The maximum atomic E-state index is 12.2. The Kier molecular flexibility index (Phi) is 5.25. The monoisotopic (exact) mass is 391 g/mol. The SMILES string of the molecule is CC1(C)Cc2cccc(OCC(=O)NCCc3cnn(-c4ccccc4)c3)c2O1. The van der Waals surface area contributed by atoms with Gasteiger partial charge in [-0.05, 0) is 44.0 Å². The van der Waals surface area contributed by atoms with Crippen molar-refractivity contribution in [3.63, 3.8) is 0 Å². The van der Waals surface area contributed by atoms with E-state index in [1.807, 2.05) is 79.5 Å². The highest BCUT2D eigenvalue weighted by Gasteiger charge is 2.32. The van der Waals surface area contributed by atoms with Crippen molar-refractivity contribution < 1.29 is 14.3 Å². The Labute approximate surface area is 170 Å². The molecule has 6 nitrogen and oxygen atoms in total. The Hall–Kier alpha value is -3.28. The van der Waals surface area contributed by atoms with Gasteiger partial charge in [-0.3, -0.25) is 4.79 Å². The Morgan fingerprint density at radius 2 is 2.03 bits per heavy atom. The van der Waals surface area contributed by atoms with Crippen LogP contribution in [0.2, 0.25) is 0 Å². The van der Waals surface area contributed by atoms with Crippen LogP contribution in [0.3, 0.4) is 0 Å². The Morgan fingerprint density at radius 3 is 2.86 bits per heavy atom. The van der Waals surface area contributed by atoms with E-state index in [-0.39, 0.29) is 18.1 Å². The fourth-order valence-corrected chi connectivity index (χ4v) is 3.45. The Balaban J connectivity index is 1.25. The van der Waals surface area contributed by atoms with E-state index in [4.69, 9.17) is 9.47 Å². The average molecular weight is 391 g/mol. The highest BCUT2D eigenvalue weighted by atomic mass is 16.5. The minimum Gasteiger partial charge on any atom is -0.483 e. The van der Waals surface area contributed by atoms with E-state index in [1.54, 1.807) is 0 Å². The number of amides is 1. The predicted octanol–water partition coefficient (Wildman–Crippen LogP) is 3.32. The molecule has 0 radical (unpaired) electrons. The zero-order valence-corrected chi connectivity index (χ0v) is 16.7. The van der Waals surface area contributed by atoms with Crippen molar-refractivity contribution in [1.82, 2.24) is 15.1 Å². The van der Waals surface area contributed by atoms with E-state index in [0.717, 1.165) is 29.0 Å². The van der Waals surface area contributed by atoms with Crippen LogP contribution in [-0.2, 0) is 17.6 Å². The molecule has 29 heavy (non-hydrogen) atoms. The minimum absolute atomic E-state index is 0.0382. The van der Waals surface area contributed by atoms with Crippen molar-refractivity contribution >= 4 is 5.91 Å². The lowest BCUT2D eigenvalue weighted by molar-refractivity contribution is -0.123. The van der Waals surface area contributed by atoms with E-state index in [2.05, 4.69) is 10.4 Å². The molecule has 0 spiro atoms. The molecule has 1 aliphatic rings. The zero-order valence-electron chi connectivity index (χ0n) is 16.7. The van der Waals surface area contributed by atoms with Crippen molar-refractivity contribution in [3.05, 3.63) is 72.1 Å². The van der Waals surface area contributed by atoms with Crippen LogP contribution in [0.25, 0.3) is 5.69 Å². The van der Waals surface area contributed by atoms with Crippen LogP contribution >= 0.6 is 0 Å². The highest BCUT2D eigenvalue weighted by molar-refractivity contribution is 5.77. The Morgan fingerprint density at radius 1 is 1.21 bits per heavy atom. The first kappa shape index (κ1) is 19.1. The summed E-state index contributed by atoms with van der Waals surface area (Å²) in [5.74, 6) is 1.21. The van der Waals surface area contributed by atoms with Crippen molar-refractivity contribution in [2.75, 3.05) is 13.2 Å². The summed E-state index contributed by atoms with van der Waals surface area (Å²) < 4.78 is 13.5. The lowest BCUT2D eigenvalue weighted by Crippen LogP contribution is -2.30. The minimum atomic E-state index is -0.242. The molecule has 0 unspecified atom stereocenters. The third-order valence-electron chi connectivity index (χ3n) is 4.81. The summed E-state index contributed by atoms with van der Waals surface area (Å²) in [5.41, 5.74) is 2.95. The average Bonchev–Trinajstić information content (AvgIpc) is 3.30. The number of aromatic nitrogens is 2. The molecule has 3 aromatic rings. The van der Waals surface area contributed by atoms with Crippen LogP contribution in [0.15, 0.2) is 60.9 Å². The van der Waals surface area contributed by atoms with E-state index < -0.39 is 0 Å². The van der Waals surface area contributed by atoms with Gasteiger partial charge in [0.2, 0.25) is 0 Å². The molecule has 2 aromatic carbocycles. The third-order valence-corrected chi connectivity index (χ3v) is 4.81. The van der Waals surface area contributed by atoms with E-state index >= 15 is 0 Å². The molecule has 1 aliphatic heterocycles. The normalized spacial score (nSPS) is 14.1. The summed E-state index contributed by atoms with van der Waals surface area (Å²) in [6, 6.07) is 15.7. The van der Waals surface area contributed by atoms with E-state index in [9.17, 15) is 4.79 Å². The van der Waals surface area contributed by atoms with Crippen molar-refractivity contribution in [2.45, 2.75) is 32.3 Å². The molecular formula is C23H25N3O3. The van der Waals surface area contributed by atoms with Gasteiger partial charge in [0, 0.05) is 24.7 Å². The standard InChI is InChI=1S/C23H25N3O3/c1-23(2)13-18-7-6-10-20(22(18)29-23)28-16-21(27)24-12-11-17-14-25-26(15-17)19-8-4-3-5-9-19/h3-10,14-15H,11-13,16H2,1-2H3,(H,24,27). The fraction of sp³-hybridized carbons (Fsp3) is 0.304. The summed E-state index contributed by atoms with van der Waals surface area (Å²) in [6.07, 6.45) is 5.34. The molecule has 1 amide bonds.